The van der Waals surface area contributed by atoms with Crippen LogP contribution in [0, 0.1) is 19.8 Å². The Morgan fingerprint density at radius 3 is 2.59 bits per heavy atom. The molecule has 0 unspecified atom stereocenters. The number of piperazine rings is 1. The van der Waals surface area contributed by atoms with E-state index in [1.807, 2.05) is 18.7 Å². The zero-order valence-corrected chi connectivity index (χ0v) is 13.5. The van der Waals surface area contributed by atoms with E-state index < -0.39 is 0 Å². The minimum Gasteiger partial charge on any atom is -0.352 e. The predicted octanol–water partition coefficient (Wildman–Crippen LogP) is 0.869. The van der Waals surface area contributed by atoms with Crippen molar-refractivity contribution in [3.63, 3.8) is 0 Å². The molecule has 1 aliphatic heterocycles. The third-order valence-electron chi connectivity index (χ3n) is 4.76. The van der Waals surface area contributed by atoms with Gasteiger partial charge in [-0.15, -0.1) is 0 Å². The zero-order valence-electron chi connectivity index (χ0n) is 13.5. The van der Waals surface area contributed by atoms with Crippen LogP contribution in [0.25, 0.3) is 0 Å². The molecular formula is C16H25N5O. The van der Waals surface area contributed by atoms with Crippen LogP contribution in [0.3, 0.4) is 0 Å². The molecule has 1 aromatic rings. The van der Waals surface area contributed by atoms with Crippen LogP contribution in [-0.2, 0) is 4.79 Å². The number of carbonyl (C=O) groups is 1. The van der Waals surface area contributed by atoms with Crippen LogP contribution in [0.5, 0.6) is 0 Å². The normalized spacial score (nSPS) is 25.6. The smallest absolute Gasteiger partial charge is 0.225 e. The summed E-state index contributed by atoms with van der Waals surface area (Å²) < 4.78 is 0. The fourth-order valence-electron chi connectivity index (χ4n) is 3.46. The van der Waals surface area contributed by atoms with E-state index in [9.17, 15) is 4.79 Å². The lowest BCUT2D eigenvalue weighted by molar-refractivity contribution is -0.135. The van der Waals surface area contributed by atoms with Crippen LogP contribution in [-0.4, -0.2) is 53.0 Å². The van der Waals surface area contributed by atoms with Crippen LogP contribution in [0.2, 0.25) is 0 Å². The quantitative estimate of drug-likeness (QED) is 0.877. The summed E-state index contributed by atoms with van der Waals surface area (Å²) in [5.41, 5.74) is 7.81. The molecule has 2 heterocycles. The molecule has 1 saturated carbocycles. The van der Waals surface area contributed by atoms with E-state index in [1.54, 1.807) is 6.20 Å². The lowest BCUT2D eigenvalue weighted by Gasteiger charge is -2.37. The summed E-state index contributed by atoms with van der Waals surface area (Å²) in [5, 5.41) is 0. The van der Waals surface area contributed by atoms with Gasteiger partial charge in [0, 0.05) is 44.3 Å². The highest BCUT2D eigenvalue weighted by Gasteiger charge is 2.32. The average Bonchev–Trinajstić information content (AvgIpc) is 2.96. The largest absolute Gasteiger partial charge is 0.352 e. The molecule has 2 fully saturated rings. The van der Waals surface area contributed by atoms with Crippen LogP contribution < -0.4 is 10.6 Å². The molecule has 120 valence electrons. The molecule has 3 rings (SSSR count). The first-order chi connectivity index (χ1) is 10.5. The molecule has 0 bridgehead atoms. The van der Waals surface area contributed by atoms with Gasteiger partial charge in [0.25, 0.3) is 0 Å². The number of hydrogen-bond donors (Lipinski definition) is 1. The van der Waals surface area contributed by atoms with Gasteiger partial charge in [-0.1, -0.05) is 0 Å². The maximum absolute atomic E-state index is 12.5. The van der Waals surface area contributed by atoms with Gasteiger partial charge >= 0.3 is 0 Å². The summed E-state index contributed by atoms with van der Waals surface area (Å²) >= 11 is 0. The van der Waals surface area contributed by atoms with Crippen LogP contribution >= 0.6 is 0 Å². The van der Waals surface area contributed by atoms with Gasteiger partial charge in [0.1, 0.15) is 5.82 Å². The Balaban J connectivity index is 1.60. The molecule has 2 atom stereocenters. The number of anilines is 1. The third kappa shape index (κ3) is 3.06. The third-order valence-corrected chi connectivity index (χ3v) is 4.76. The highest BCUT2D eigenvalue weighted by atomic mass is 16.2. The second-order valence-corrected chi connectivity index (χ2v) is 6.50. The highest BCUT2D eigenvalue weighted by Crippen LogP contribution is 2.27. The first-order valence-corrected chi connectivity index (χ1v) is 8.14. The number of hydrogen-bond acceptors (Lipinski definition) is 5. The molecule has 22 heavy (non-hydrogen) atoms. The Hall–Kier alpha value is -1.69. The second kappa shape index (κ2) is 6.20. The average molecular weight is 303 g/mol. The molecule has 1 saturated heterocycles. The summed E-state index contributed by atoms with van der Waals surface area (Å²) in [6.45, 7) is 7.12. The van der Waals surface area contributed by atoms with Crippen molar-refractivity contribution in [3.8, 4) is 0 Å². The van der Waals surface area contributed by atoms with Crippen molar-refractivity contribution in [2.24, 2.45) is 11.7 Å². The molecule has 6 nitrogen and oxygen atoms in total. The number of nitrogens with zero attached hydrogens (tertiary/aromatic N) is 4. The fraction of sp³-hybridized carbons (Fsp3) is 0.688. The molecule has 2 aliphatic rings. The number of amides is 1. The Labute approximate surface area is 131 Å². The van der Waals surface area contributed by atoms with Gasteiger partial charge in [0.05, 0.1) is 11.4 Å². The molecule has 0 spiro atoms. The van der Waals surface area contributed by atoms with Crippen molar-refractivity contribution in [1.82, 2.24) is 14.9 Å². The first-order valence-electron chi connectivity index (χ1n) is 8.14. The van der Waals surface area contributed by atoms with Crippen LogP contribution in [0.4, 0.5) is 5.82 Å². The van der Waals surface area contributed by atoms with Crippen molar-refractivity contribution in [2.45, 2.75) is 39.2 Å². The molecule has 0 radical (unpaired) electrons. The monoisotopic (exact) mass is 303 g/mol. The van der Waals surface area contributed by atoms with Crippen LogP contribution in [0.15, 0.2) is 6.20 Å². The number of aromatic nitrogens is 2. The zero-order chi connectivity index (χ0) is 15.7. The summed E-state index contributed by atoms with van der Waals surface area (Å²) in [6.07, 6.45) is 4.57. The molecule has 1 aromatic heterocycles. The Bertz CT molecular complexity index is 553. The molecule has 6 heteroatoms. The molecule has 1 aliphatic carbocycles. The summed E-state index contributed by atoms with van der Waals surface area (Å²) in [5.74, 6) is 1.39. The fourth-order valence-corrected chi connectivity index (χ4v) is 3.46. The van der Waals surface area contributed by atoms with E-state index in [0.29, 0.717) is 5.91 Å². The topological polar surface area (TPSA) is 75.4 Å². The van der Waals surface area contributed by atoms with Crippen molar-refractivity contribution in [1.29, 1.82) is 0 Å². The number of aryl methyl sites for hydroxylation is 2. The van der Waals surface area contributed by atoms with Gasteiger partial charge in [-0.05, 0) is 33.1 Å². The predicted molar refractivity (Wildman–Crippen MR) is 85.6 cm³/mol. The first kappa shape index (κ1) is 15.2. The lowest BCUT2D eigenvalue weighted by atomic mass is 10.1. The highest BCUT2D eigenvalue weighted by molar-refractivity contribution is 5.79. The molecule has 1 amide bonds. The van der Waals surface area contributed by atoms with Gasteiger partial charge < -0.3 is 15.5 Å². The standard InChI is InChI=1S/C16H25N5O/c1-11-10-18-12(2)15(19-11)20-5-7-21(8-6-20)16(22)13-3-4-14(17)9-13/h10,13-14H,3-9,17H2,1-2H3/t13-,14+/m0/s1. The van der Waals surface area contributed by atoms with Crippen molar-refractivity contribution in [2.75, 3.05) is 31.1 Å². The minimum absolute atomic E-state index is 0.141. The van der Waals surface area contributed by atoms with E-state index >= 15 is 0 Å². The summed E-state index contributed by atoms with van der Waals surface area (Å²) in [4.78, 5) is 25.7. The van der Waals surface area contributed by atoms with Crippen molar-refractivity contribution < 1.29 is 4.79 Å². The van der Waals surface area contributed by atoms with Gasteiger partial charge in [-0.2, -0.15) is 0 Å². The summed E-state index contributed by atoms with van der Waals surface area (Å²) in [6, 6.07) is 0.209. The molecular weight excluding hydrogens is 278 g/mol. The van der Waals surface area contributed by atoms with Crippen molar-refractivity contribution >= 4 is 11.7 Å². The van der Waals surface area contributed by atoms with Gasteiger partial charge in [0.15, 0.2) is 0 Å². The molecule has 0 aromatic carbocycles. The number of nitrogens with two attached hydrogens (primary N) is 1. The minimum atomic E-state index is 0.141. The number of carbonyl (C=O) groups excluding carboxylic acids is 1. The second-order valence-electron chi connectivity index (χ2n) is 6.50. The van der Waals surface area contributed by atoms with Gasteiger partial charge in [0.2, 0.25) is 5.91 Å². The number of rotatable bonds is 2. The van der Waals surface area contributed by atoms with Gasteiger partial charge in [-0.25, -0.2) is 4.98 Å². The Morgan fingerprint density at radius 2 is 1.95 bits per heavy atom. The maximum Gasteiger partial charge on any atom is 0.225 e. The maximum atomic E-state index is 12.5. The van der Waals surface area contributed by atoms with E-state index in [0.717, 1.165) is 62.6 Å². The summed E-state index contributed by atoms with van der Waals surface area (Å²) in [7, 11) is 0. The van der Waals surface area contributed by atoms with E-state index in [-0.39, 0.29) is 12.0 Å². The Kier molecular flexibility index (Phi) is 4.29. The SMILES string of the molecule is Cc1cnc(C)c(N2CCN(C(=O)[C@H]3CC[C@@H](N)C3)CC2)n1. The van der Waals surface area contributed by atoms with E-state index in [4.69, 9.17) is 5.73 Å². The van der Waals surface area contributed by atoms with Crippen LogP contribution in [0.1, 0.15) is 30.7 Å². The van der Waals surface area contributed by atoms with E-state index in [1.165, 1.54) is 0 Å². The lowest BCUT2D eigenvalue weighted by Crippen LogP contribution is -2.50. The van der Waals surface area contributed by atoms with Gasteiger partial charge in [-0.3, -0.25) is 9.78 Å². The molecule has 2 N–H and O–H groups in total. The van der Waals surface area contributed by atoms with Crippen molar-refractivity contribution in [3.05, 3.63) is 17.6 Å². The Morgan fingerprint density at radius 1 is 1.23 bits per heavy atom. The van der Waals surface area contributed by atoms with E-state index in [2.05, 4.69) is 14.9 Å².